The predicted octanol–water partition coefficient (Wildman–Crippen LogP) is 3.72. The SMILES string of the molecule is COCCC1CN(c2c3nccccc-3c3c2N=C(C(C)=O)SS3)CCN1C. The third kappa shape index (κ3) is 3.66. The molecule has 1 saturated heterocycles. The molecule has 148 valence electrons. The number of anilines is 1. The zero-order valence-corrected chi connectivity index (χ0v) is 18.0. The predicted molar refractivity (Wildman–Crippen MR) is 117 cm³/mol. The van der Waals surface area contributed by atoms with E-state index in [0.29, 0.717) is 11.1 Å². The minimum atomic E-state index is 0.00854. The van der Waals surface area contributed by atoms with Crippen LogP contribution in [0.25, 0.3) is 11.3 Å². The summed E-state index contributed by atoms with van der Waals surface area (Å²) in [5, 5.41) is 0.559. The van der Waals surface area contributed by atoms with E-state index < -0.39 is 0 Å². The highest BCUT2D eigenvalue weighted by Gasteiger charge is 2.34. The number of ether oxygens (including phenoxy) is 1. The van der Waals surface area contributed by atoms with Crippen LogP contribution in [0.4, 0.5) is 11.4 Å². The van der Waals surface area contributed by atoms with Crippen LogP contribution in [-0.2, 0) is 9.53 Å². The van der Waals surface area contributed by atoms with Crippen molar-refractivity contribution in [1.29, 1.82) is 0 Å². The summed E-state index contributed by atoms with van der Waals surface area (Å²) in [6.07, 6.45) is 2.82. The second kappa shape index (κ2) is 8.41. The first-order valence-electron chi connectivity index (χ1n) is 9.39. The molecule has 4 aliphatic rings. The van der Waals surface area contributed by atoms with Crippen molar-refractivity contribution in [1.82, 2.24) is 9.88 Å². The van der Waals surface area contributed by atoms with E-state index in [-0.39, 0.29) is 5.78 Å². The normalized spacial score (nSPS) is 20.2. The molecule has 3 heterocycles. The van der Waals surface area contributed by atoms with Gasteiger partial charge in [-0.15, -0.1) is 0 Å². The maximum atomic E-state index is 12.0. The molecule has 3 aliphatic heterocycles. The van der Waals surface area contributed by atoms with E-state index in [1.165, 1.54) is 10.8 Å². The number of methoxy groups -OCH3 is 1. The average molecular weight is 417 g/mol. The van der Waals surface area contributed by atoms with Gasteiger partial charge < -0.3 is 9.64 Å². The summed E-state index contributed by atoms with van der Waals surface area (Å²) in [7, 11) is 6.98. The van der Waals surface area contributed by atoms with Crippen LogP contribution in [0.2, 0.25) is 0 Å². The Kier molecular flexibility index (Phi) is 5.91. The molecule has 28 heavy (non-hydrogen) atoms. The van der Waals surface area contributed by atoms with Crippen LogP contribution in [0, 0.1) is 0 Å². The molecule has 0 aromatic carbocycles. The maximum Gasteiger partial charge on any atom is 0.185 e. The molecule has 1 atom stereocenters. The molecule has 0 spiro atoms. The van der Waals surface area contributed by atoms with Crippen LogP contribution in [-0.4, -0.2) is 67.2 Å². The lowest BCUT2D eigenvalue weighted by molar-refractivity contribution is -0.110. The van der Waals surface area contributed by atoms with Crippen LogP contribution < -0.4 is 4.90 Å². The fourth-order valence-corrected chi connectivity index (χ4v) is 6.07. The molecule has 1 unspecified atom stereocenters. The molecule has 0 amide bonds. The Morgan fingerprint density at radius 2 is 2.18 bits per heavy atom. The lowest BCUT2D eigenvalue weighted by atomic mass is 10.1. The molecule has 0 bridgehead atoms. The number of piperazine rings is 1. The van der Waals surface area contributed by atoms with Gasteiger partial charge in [-0.1, -0.05) is 12.1 Å². The standard InChI is InChI=1S/C20H24N4O2S2/c1-13(25)20-22-17-18(24-10-9-23(2)14(12-24)7-11-26-3)16-15(19(17)27-28-20)6-4-5-8-21-16/h4-6,8,14H,7,9-12H2,1-3H3. The van der Waals surface area contributed by atoms with Gasteiger partial charge in [0, 0.05) is 58.1 Å². The summed E-state index contributed by atoms with van der Waals surface area (Å²) in [5.74, 6) is 0.00854. The topological polar surface area (TPSA) is 58.0 Å². The van der Waals surface area contributed by atoms with Crippen molar-refractivity contribution in [3.8, 4) is 11.3 Å². The number of aromatic nitrogens is 1. The number of Topliss-reactive ketones (excluding diaryl/α,β-unsaturated/α-hetero) is 1. The van der Waals surface area contributed by atoms with Crippen molar-refractivity contribution in [3.05, 3.63) is 24.4 Å². The van der Waals surface area contributed by atoms with Crippen molar-refractivity contribution in [2.24, 2.45) is 4.99 Å². The Hall–Kier alpha value is -1.61. The second-order valence-electron chi connectivity index (χ2n) is 7.12. The minimum Gasteiger partial charge on any atom is -0.385 e. The molecule has 0 N–H and O–H groups in total. The fraction of sp³-hybridized carbons (Fsp3) is 0.450. The van der Waals surface area contributed by atoms with Crippen molar-refractivity contribution in [3.63, 3.8) is 0 Å². The lowest BCUT2D eigenvalue weighted by Crippen LogP contribution is -2.52. The van der Waals surface area contributed by atoms with Gasteiger partial charge in [-0.3, -0.25) is 14.7 Å². The second-order valence-corrected chi connectivity index (χ2v) is 9.25. The van der Waals surface area contributed by atoms with Crippen LogP contribution in [0.15, 0.2) is 34.3 Å². The number of hydrogen-bond acceptors (Lipinski definition) is 8. The first-order valence-corrected chi connectivity index (χ1v) is 11.5. The lowest BCUT2D eigenvalue weighted by Gasteiger charge is -2.40. The summed E-state index contributed by atoms with van der Waals surface area (Å²) < 4.78 is 5.31. The van der Waals surface area contributed by atoms with Crippen molar-refractivity contribution < 1.29 is 9.53 Å². The minimum absolute atomic E-state index is 0.00854. The van der Waals surface area contributed by atoms with E-state index >= 15 is 0 Å². The number of nitrogens with zero attached hydrogens (tertiary/aromatic N) is 4. The molecule has 8 heteroatoms. The highest BCUT2D eigenvalue weighted by molar-refractivity contribution is 8.82. The van der Waals surface area contributed by atoms with Crippen molar-refractivity contribution in [2.75, 3.05) is 45.3 Å². The van der Waals surface area contributed by atoms with Gasteiger partial charge in [-0.25, -0.2) is 4.99 Å². The monoisotopic (exact) mass is 416 g/mol. The zero-order chi connectivity index (χ0) is 19.7. The Morgan fingerprint density at radius 1 is 1.32 bits per heavy atom. The van der Waals surface area contributed by atoms with Gasteiger partial charge in [-0.2, -0.15) is 0 Å². The highest BCUT2D eigenvalue weighted by atomic mass is 33.1. The van der Waals surface area contributed by atoms with Gasteiger partial charge >= 0.3 is 0 Å². The quantitative estimate of drug-likeness (QED) is 0.689. The average Bonchev–Trinajstić information content (AvgIpc) is 2.83. The molecular weight excluding hydrogens is 392 g/mol. The van der Waals surface area contributed by atoms with Crippen molar-refractivity contribution in [2.45, 2.75) is 24.3 Å². The van der Waals surface area contributed by atoms with Gasteiger partial charge in [0.25, 0.3) is 0 Å². The van der Waals surface area contributed by atoms with Gasteiger partial charge in [0.05, 0.1) is 16.3 Å². The molecule has 0 aromatic heterocycles. The summed E-state index contributed by atoms with van der Waals surface area (Å²) in [6, 6.07) is 6.48. The molecule has 0 saturated carbocycles. The van der Waals surface area contributed by atoms with E-state index in [1.54, 1.807) is 24.8 Å². The summed E-state index contributed by atoms with van der Waals surface area (Å²) in [4.78, 5) is 27.4. The Labute approximate surface area is 173 Å². The number of ketones is 1. The first-order chi connectivity index (χ1) is 13.6. The van der Waals surface area contributed by atoms with E-state index in [4.69, 9.17) is 14.7 Å². The third-order valence-corrected chi connectivity index (χ3v) is 7.72. The van der Waals surface area contributed by atoms with E-state index in [2.05, 4.69) is 22.9 Å². The molecular formula is C20H24N4O2S2. The molecule has 0 aromatic rings. The molecule has 0 radical (unpaired) electrons. The third-order valence-electron chi connectivity index (χ3n) is 5.29. The van der Waals surface area contributed by atoms with E-state index in [9.17, 15) is 4.79 Å². The summed E-state index contributed by atoms with van der Waals surface area (Å²) in [6.45, 7) is 5.10. The smallest absolute Gasteiger partial charge is 0.185 e. The molecule has 6 nitrogen and oxygen atoms in total. The fourth-order valence-electron chi connectivity index (χ4n) is 3.73. The van der Waals surface area contributed by atoms with Gasteiger partial charge in [0.2, 0.25) is 0 Å². The maximum absolute atomic E-state index is 12.0. The van der Waals surface area contributed by atoms with Gasteiger partial charge in [0.15, 0.2) is 10.8 Å². The largest absolute Gasteiger partial charge is 0.385 e. The number of carbonyl (C=O) groups is 1. The number of aliphatic imine (C=N–C) groups is 1. The zero-order valence-electron chi connectivity index (χ0n) is 16.3. The summed E-state index contributed by atoms with van der Waals surface area (Å²) in [5.41, 5.74) is 4.03. The van der Waals surface area contributed by atoms with Gasteiger partial charge in [-0.05, 0) is 41.1 Å². The van der Waals surface area contributed by atoms with Crippen molar-refractivity contribution >= 4 is 43.8 Å². The van der Waals surface area contributed by atoms with Crippen LogP contribution in [0.3, 0.4) is 0 Å². The highest BCUT2D eigenvalue weighted by Crippen LogP contribution is 2.57. The Bertz CT molecular complexity index is 889. The molecule has 1 fully saturated rings. The number of fused-ring (bicyclic) bond motifs is 3. The number of rotatable bonds is 5. The van der Waals surface area contributed by atoms with Crippen LogP contribution in [0.1, 0.15) is 13.3 Å². The van der Waals surface area contributed by atoms with Gasteiger partial charge in [0.1, 0.15) is 5.69 Å². The first kappa shape index (κ1) is 19.7. The Morgan fingerprint density at radius 3 is 2.96 bits per heavy atom. The van der Waals surface area contributed by atoms with E-state index in [0.717, 1.165) is 60.2 Å². The Balaban J connectivity index is 1.79. The molecule has 4 rings (SSSR count). The van der Waals surface area contributed by atoms with E-state index in [1.807, 2.05) is 18.3 Å². The summed E-state index contributed by atoms with van der Waals surface area (Å²) >= 11 is 0. The number of carbonyl (C=O) groups excluding carboxylic acids is 1. The molecule has 1 aliphatic carbocycles. The number of likely N-dealkylation sites (N-methyl/N-ethyl adjacent to an activating group) is 1. The van der Waals surface area contributed by atoms with Crippen LogP contribution in [0.5, 0.6) is 0 Å². The number of hydrogen-bond donors (Lipinski definition) is 0. The van der Waals surface area contributed by atoms with Crippen LogP contribution >= 0.6 is 21.6 Å².